The van der Waals surface area contributed by atoms with Crippen molar-refractivity contribution in [3.63, 3.8) is 0 Å². The van der Waals surface area contributed by atoms with Crippen molar-refractivity contribution in [2.24, 2.45) is 0 Å². The van der Waals surface area contributed by atoms with E-state index in [0.717, 1.165) is 22.3 Å². The third-order valence-electron chi connectivity index (χ3n) is 4.40. The molecule has 1 aromatic heterocycles. The summed E-state index contributed by atoms with van der Waals surface area (Å²) in [4.78, 5) is 12.4. The van der Waals surface area contributed by atoms with Gasteiger partial charge >= 0.3 is 0 Å². The van der Waals surface area contributed by atoms with Crippen LogP contribution >= 0.6 is 0 Å². The third kappa shape index (κ3) is 4.07. The Morgan fingerprint density at radius 2 is 1.81 bits per heavy atom. The number of hydrogen-bond donors (Lipinski definition) is 1. The molecule has 0 unspecified atom stereocenters. The predicted octanol–water partition coefficient (Wildman–Crippen LogP) is 4.98. The second-order valence-electron chi connectivity index (χ2n) is 7.47. The van der Waals surface area contributed by atoms with E-state index < -0.39 is 0 Å². The standard InChI is InChI=1S/C22H26N2O2/c1-5-26-19-10-11-20-16(14-19)12-13-24(20)15-21(25)23-18-8-6-17(7-9-18)22(2,3)4/h6-14H,5,15H2,1-4H3,(H,23,25). The normalized spacial score (nSPS) is 11.5. The Bertz CT molecular complexity index is 902. The van der Waals surface area contributed by atoms with Gasteiger partial charge in [-0.25, -0.2) is 0 Å². The minimum Gasteiger partial charge on any atom is -0.494 e. The minimum atomic E-state index is -0.0418. The number of nitrogens with zero attached hydrogens (tertiary/aromatic N) is 1. The highest BCUT2D eigenvalue weighted by Crippen LogP contribution is 2.24. The van der Waals surface area contributed by atoms with Crippen LogP contribution in [-0.2, 0) is 16.8 Å². The lowest BCUT2D eigenvalue weighted by molar-refractivity contribution is -0.116. The van der Waals surface area contributed by atoms with E-state index in [1.165, 1.54) is 5.56 Å². The Kier molecular flexibility index (Phi) is 5.03. The zero-order valence-electron chi connectivity index (χ0n) is 15.9. The van der Waals surface area contributed by atoms with Gasteiger partial charge in [0.1, 0.15) is 12.3 Å². The van der Waals surface area contributed by atoms with E-state index in [-0.39, 0.29) is 17.9 Å². The van der Waals surface area contributed by atoms with Crippen molar-refractivity contribution in [3.8, 4) is 5.75 Å². The van der Waals surface area contributed by atoms with Gasteiger partial charge in [0, 0.05) is 22.8 Å². The average molecular weight is 350 g/mol. The molecule has 0 fully saturated rings. The van der Waals surface area contributed by atoms with Gasteiger partial charge in [-0.3, -0.25) is 4.79 Å². The van der Waals surface area contributed by atoms with E-state index in [1.54, 1.807) is 0 Å². The lowest BCUT2D eigenvalue weighted by Gasteiger charge is -2.19. The van der Waals surface area contributed by atoms with Gasteiger partial charge in [-0.2, -0.15) is 0 Å². The van der Waals surface area contributed by atoms with Crippen LogP contribution in [-0.4, -0.2) is 17.1 Å². The number of ether oxygens (including phenoxy) is 1. The molecule has 3 aromatic rings. The highest BCUT2D eigenvalue weighted by molar-refractivity contribution is 5.92. The summed E-state index contributed by atoms with van der Waals surface area (Å²) in [6.07, 6.45) is 1.93. The SMILES string of the molecule is CCOc1ccc2c(ccn2CC(=O)Nc2ccc(C(C)(C)C)cc2)c1. The van der Waals surface area contributed by atoms with Crippen LogP contribution in [0.25, 0.3) is 10.9 Å². The first-order valence-electron chi connectivity index (χ1n) is 8.99. The number of hydrogen-bond acceptors (Lipinski definition) is 2. The molecule has 1 amide bonds. The highest BCUT2D eigenvalue weighted by Gasteiger charge is 2.13. The van der Waals surface area contributed by atoms with E-state index in [4.69, 9.17) is 4.74 Å². The fourth-order valence-corrected chi connectivity index (χ4v) is 2.98. The summed E-state index contributed by atoms with van der Waals surface area (Å²) in [7, 11) is 0. The molecule has 0 aliphatic rings. The van der Waals surface area contributed by atoms with E-state index >= 15 is 0 Å². The van der Waals surface area contributed by atoms with Gasteiger partial charge in [0.15, 0.2) is 0 Å². The van der Waals surface area contributed by atoms with Gasteiger partial charge in [-0.1, -0.05) is 32.9 Å². The van der Waals surface area contributed by atoms with E-state index in [9.17, 15) is 4.79 Å². The number of carbonyl (C=O) groups excluding carboxylic acids is 1. The van der Waals surface area contributed by atoms with Crippen molar-refractivity contribution < 1.29 is 9.53 Å². The lowest BCUT2D eigenvalue weighted by Crippen LogP contribution is -2.18. The maximum Gasteiger partial charge on any atom is 0.244 e. The Balaban J connectivity index is 1.69. The smallest absolute Gasteiger partial charge is 0.244 e. The summed E-state index contributed by atoms with van der Waals surface area (Å²) in [5.41, 5.74) is 3.19. The molecular weight excluding hydrogens is 324 g/mol. The van der Waals surface area contributed by atoms with Gasteiger partial charge < -0.3 is 14.6 Å². The summed E-state index contributed by atoms with van der Waals surface area (Å²) < 4.78 is 7.48. The molecule has 1 N–H and O–H groups in total. The molecule has 0 saturated heterocycles. The van der Waals surface area contributed by atoms with Crippen molar-refractivity contribution in [2.45, 2.75) is 39.7 Å². The molecule has 0 atom stereocenters. The van der Waals surface area contributed by atoms with Crippen LogP contribution in [0.1, 0.15) is 33.3 Å². The number of aromatic nitrogens is 1. The number of anilines is 1. The molecule has 0 bridgehead atoms. The first-order valence-corrected chi connectivity index (χ1v) is 8.99. The molecule has 0 aliphatic heterocycles. The molecular formula is C22H26N2O2. The maximum atomic E-state index is 12.4. The molecule has 3 rings (SSSR count). The zero-order chi connectivity index (χ0) is 18.7. The Morgan fingerprint density at radius 3 is 2.46 bits per heavy atom. The molecule has 2 aromatic carbocycles. The quantitative estimate of drug-likeness (QED) is 0.705. The average Bonchev–Trinajstić information content (AvgIpc) is 2.97. The van der Waals surface area contributed by atoms with E-state index in [1.807, 2.05) is 54.1 Å². The van der Waals surface area contributed by atoms with Gasteiger partial charge in [-0.15, -0.1) is 0 Å². The molecule has 0 radical (unpaired) electrons. The van der Waals surface area contributed by atoms with E-state index in [0.29, 0.717) is 6.61 Å². The minimum absolute atomic E-state index is 0.0418. The Hall–Kier alpha value is -2.75. The number of rotatable bonds is 5. The first-order chi connectivity index (χ1) is 12.4. The number of benzene rings is 2. The summed E-state index contributed by atoms with van der Waals surface area (Å²) in [5, 5.41) is 4.04. The van der Waals surface area contributed by atoms with Crippen molar-refractivity contribution >= 4 is 22.5 Å². The van der Waals surface area contributed by atoms with Crippen LogP contribution in [0.3, 0.4) is 0 Å². The molecule has 136 valence electrons. The number of carbonyl (C=O) groups is 1. The maximum absolute atomic E-state index is 12.4. The summed E-state index contributed by atoms with van der Waals surface area (Å²) >= 11 is 0. The highest BCUT2D eigenvalue weighted by atomic mass is 16.5. The molecule has 0 saturated carbocycles. The summed E-state index contributed by atoms with van der Waals surface area (Å²) in [6.45, 7) is 9.41. The molecule has 4 heteroatoms. The van der Waals surface area contributed by atoms with Crippen LogP contribution in [0.4, 0.5) is 5.69 Å². The van der Waals surface area contributed by atoms with Crippen molar-refractivity contribution in [1.82, 2.24) is 4.57 Å². The van der Waals surface area contributed by atoms with Crippen molar-refractivity contribution in [2.75, 3.05) is 11.9 Å². The van der Waals surface area contributed by atoms with Crippen molar-refractivity contribution in [3.05, 3.63) is 60.3 Å². The largest absolute Gasteiger partial charge is 0.494 e. The van der Waals surface area contributed by atoms with Crippen LogP contribution < -0.4 is 10.1 Å². The van der Waals surface area contributed by atoms with Crippen LogP contribution in [0.15, 0.2) is 54.7 Å². The van der Waals surface area contributed by atoms with E-state index in [2.05, 4.69) is 38.2 Å². The predicted molar refractivity (Wildman–Crippen MR) is 107 cm³/mol. The first kappa shape index (κ1) is 18.1. The molecule has 4 nitrogen and oxygen atoms in total. The molecule has 0 spiro atoms. The Labute approximate surface area is 154 Å². The molecule has 0 aliphatic carbocycles. The van der Waals surface area contributed by atoms with Gasteiger partial charge in [-0.05, 0) is 54.3 Å². The summed E-state index contributed by atoms with van der Waals surface area (Å²) in [6, 6.07) is 16.0. The number of amides is 1. The second-order valence-corrected chi connectivity index (χ2v) is 7.47. The van der Waals surface area contributed by atoms with Gasteiger partial charge in [0.25, 0.3) is 0 Å². The van der Waals surface area contributed by atoms with Crippen LogP contribution in [0.2, 0.25) is 0 Å². The van der Waals surface area contributed by atoms with Gasteiger partial charge in [0.05, 0.1) is 6.61 Å². The second kappa shape index (κ2) is 7.24. The fourth-order valence-electron chi connectivity index (χ4n) is 2.98. The topological polar surface area (TPSA) is 43.3 Å². The third-order valence-corrected chi connectivity index (χ3v) is 4.40. The van der Waals surface area contributed by atoms with Crippen LogP contribution in [0, 0.1) is 0 Å². The van der Waals surface area contributed by atoms with Gasteiger partial charge in [0.2, 0.25) is 5.91 Å². The Morgan fingerprint density at radius 1 is 1.08 bits per heavy atom. The fraction of sp³-hybridized carbons (Fsp3) is 0.318. The number of nitrogens with one attached hydrogen (secondary N) is 1. The molecule has 1 heterocycles. The molecule has 26 heavy (non-hydrogen) atoms. The zero-order valence-corrected chi connectivity index (χ0v) is 15.9. The summed E-state index contributed by atoms with van der Waals surface area (Å²) in [5.74, 6) is 0.807. The van der Waals surface area contributed by atoms with Crippen LogP contribution in [0.5, 0.6) is 5.75 Å². The van der Waals surface area contributed by atoms with Crippen molar-refractivity contribution in [1.29, 1.82) is 0 Å². The monoisotopic (exact) mass is 350 g/mol. The number of fused-ring (bicyclic) bond motifs is 1. The lowest BCUT2D eigenvalue weighted by atomic mass is 9.87.